The fourth-order valence-corrected chi connectivity index (χ4v) is 2.85. The first-order chi connectivity index (χ1) is 9.07. The molecule has 0 aromatic heterocycles. The molecule has 1 aliphatic carbocycles. The van der Waals surface area contributed by atoms with E-state index in [1.54, 1.807) is 0 Å². The molecule has 19 heavy (non-hydrogen) atoms. The second-order valence-electron chi connectivity index (χ2n) is 5.61. The number of hydrogen-bond donors (Lipinski definition) is 1. The van der Waals surface area contributed by atoms with E-state index in [1.807, 2.05) is 32.0 Å². The fourth-order valence-electron chi connectivity index (χ4n) is 2.85. The van der Waals surface area contributed by atoms with Gasteiger partial charge in [0, 0.05) is 5.92 Å². The molecule has 0 saturated heterocycles. The van der Waals surface area contributed by atoms with Gasteiger partial charge in [-0.2, -0.15) is 0 Å². The molecule has 0 amide bonds. The molecule has 0 heterocycles. The average molecular weight is 250 g/mol. The molecule has 1 N–H and O–H groups in total. The Hall–Kier alpha value is -1.86. The lowest BCUT2D eigenvalue weighted by Gasteiger charge is -2.24. The highest BCUT2D eigenvalue weighted by Crippen LogP contribution is 2.39. The average Bonchev–Trinajstić information content (AvgIpc) is 2.81. The van der Waals surface area contributed by atoms with E-state index in [2.05, 4.69) is 42.5 Å². The molecule has 0 saturated carbocycles. The molecule has 0 bridgehead atoms. The third-order valence-electron chi connectivity index (χ3n) is 3.75. The molecule has 1 heteroatoms. The molecule has 2 aromatic rings. The third-order valence-corrected chi connectivity index (χ3v) is 3.75. The molecule has 1 atom stereocenters. The lowest BCUT2D eigenvalue weighted by molar-refractivity contribution is 0.0776. The maximum Gasteiger partial charge on any atom is 0.0843 e. The number of benzene rings is 2. The van der Waals surface area contributed by atoms with E-state index in [-0.39, 0.29) is 5.92 Å². The molecule has 0 radical (unpaired) electrons. The van der Waals surface area contributed by atoms with Crippen molar-refractivity contribution in [3.8, 4) is 0 Å². The maximum atomic E-state index is 10.4. The second kappa shape index (κ2) is 4.36. The summed E-state index contributed by atoms with van der Waals surface area (Å²) in [7, 11) is 0. The van der Waals surface area contributed by atoms with Crippen LogP contribution in [-0.2, 0) is 5.60 Å². The van der Waals surface area contributed by atoms with Crippen molar-refractivity contribution in [2.24, 2.45) is 0 Å². The molecule has 1 aliphatic rings. The first-order valence-corrected chi connectivity index (χ1v) is 6.66. The maximum absolute atomic E-state index is 10.4. The zero-order valence-electron chi connectivity index (χ0n) is 11.3. The van der Waals surface area contributed by atoms with Gasteiger partial charge in [-0.1, -0.05) is 60.7 Å². The summed E-state index contributed by atoms with van der Waals surface area (Å²) in [5.41, 5.74) is 3.97. The monoisotopic (exact) mass is 250 g/mol. The van der Waals surface area contributed by atoms with Crippen LogP contribution in [0, 0.1) is 0 Å². The lowest BCUT2D eigenvalue weighted by Crippen LogP contribution is -2.19. The lowest BCUT2D eigenvalue weighted by atomic mass is 9.84. The first kappa shape index (κ1) is 12.2. The van der Waals surface area contributed by atoms with Gasteiger partial charge in [0.1, 0.15) is 0 Å². The standard InChI is InChI=1S/C18H18O/c1-18(2,19)17-10-6-5-9-16(17)15-12-11-13-7-3-4-8-14(13)15/h3-12,15,19H,1-2H3. The predicted octanol–water partition coefficient (Wildman–Crippen LogP) is 4.07. The second-order valence-corrected chi connectivity index (χ2v) is 5.61. The van der Waals surface area contributed by atoms with Crippen molar-refractivity contribution in [3.63, 3.8) is 0 Å². The van der Waals surface area contributed by atoms with E-state index >= 15 is 0 Å². The first-order valence-electron chi connectivity index (χ1n) is 6.66. The third kappa shape index (κ3) is 2.11. The Balaban J connectivity index is 2.13. The van der Waals surface area contributed by atoms with E-state index < -0.39 is 5.60 Å². The zero-order chi connectivity index (χ0) is 13.5. The van der Waals surface area contributed by atoms with Gasteiger partial charge >= 0.3 is 0 Å². The van der Waals surface area contributed by atoms with Gasteiger partial charge in [-0.05, 0) is 36.1 Å². The van der Waals surface area contributed by atoms with E-state index in [0.29, 0.717) is 0 Å². The van der Waals surface area contributed by atoms with Crippen molar-refractivity contribution in [1.29, 1.82) is 0 Å². The van der Waals surface area contributed by atoms with E-state index in [4.69, 9.17) is 0 Å². The largest absolute Gasteiger partial charge is 0.386 e. The number of aliphatic hydroxyl groups is 1. The molecular weight excluding hydrogens is 232 g/mol. The summed E-state index contributed by atoms with van der Waals surface area (Å²) in [4.78, 5) is 0. The van der Waals surface area contributed by atoms with Crippen LogP contribution in [0.3, 0.4) is 0 Å². The van der Waals surface area contributed by atoms with Crippen LogP contribution >= 0.6 is 0 Å². The van der Waals surface area contributed by atoms with E-state index in [9.17, 15) is 5.11 Å². The fraction of sp³-hybridized carbons (Fsp3) is 0.222. The van der Waals surface area contributed by atoms with Crippen LogP contribution in [0.2, 0.25) is 0 Å². The van der Waals surface area contributed by atoms with E-state index in [0.717, 1.165) is 5.56 Å². The highest BCUT2D eigenvalue weighted by atomic mass is 16.3. The SMILES string of the molecule is CC(C)(O)c1ccccc1C1C=Cc2ccccc21. The van der Waals surface area contributed by atoms with Gasteiger partial charge in [0.15, 0.2) is 0 Å². The molecule has 1 nitrogen and oxygen atoms in total. The van der Waals surface area contributed by atoms with Gasteiger partial charge in [0.25, 0.3) is 0 Å². The summed E-state index contributed by atoms with van der Waals surface area (Å²) in [6.45, 7) is 3.69. The Bertz CT molecular complexity index is 632. The smallest absolute Gasteiger partial charge is 0.0843 e. The van der Waals surface area contributed by atoms with Crippen LogP contribution < -0.4 is 0 Å². The van der Waals surface area contributed by atoms with Gasteiger partial charge in [0.2, 0.25) is 0 Å². The summed E-state index contributed by atoms with van der Waals surface area (Å²) >= 11 is 0. The highest BCUT2D eigenvalue weighted by molar-refractivity contribution is 5.65. The summed E-state index contributed by atoms with van der Waals surface area (Å²) in [6, 6.07) is 16.6. The van der Waals surface area contributed by atoms with Crippen LogP contribution in [0.25, 0.3) is 6.08 Å². The summed E-state index contributed by atoms with van der Waals surface area (Å²) in [5.74, 6) is 0.249. The van der Waals surface area contributed by atoms with Gasteiger partial charge in [-0.15, -0.1) is 0 Å². The molecular formula is C18H18O. The minimum absolute atomic E-state index is 0.249. The molecule has 0 spiro atoms. The molecule has 3 rings (SSSR count). The van der Waals surface area contributed by atoms with Crippen LogP contribution in [0.4, 0.5) is 0 Å². The van der Waals surface area contributed by atoms with E-state index in [1.165, 1.54) is 16.7 Å². The molecule has 96 valence electrons. The minimum Gasteiger partial charge on any atom is -0.386 e. The van der Waals surface area contributed by atoms with Crippen molar-refractivity contribution < 1.29 is 5.11 Å². The van der Waals surface area contributed by atoms with Gasteiger partial charge < -0.3 is 5.11 Å². The Morgan fingerprint density at radius 3 is 2.26 bits per heavy atom. The van der Waals surface area contributed by atoms with Crippen LogP contribution in [0.5, 0.6) is 0 Å². The van der Waals surface area contributed by atoms with Crippen LogP contribution in [0.15, 0.2) is 54.6 Å². The number of hydrogen-bond acceptors (Lipinski definition) is 1. The van der Waals surface area contributed by atoms with Gasteiger partial charge in [-0.3, -0.25) is 0 Å². The summed E-state index contributed by atoms with van der Waals surface area (Å²) in [5, 5.41) is 10.4. The normalized spacial score (nSPS) is 17.5. The van der Waals surface area contributed by atoms with Crippen molar-refractivity contribution in [3.05, 3.63) is 76.9 Å². The number of allylic oxidation sites excluding steroid dienone is 1. The molecule has 2 aromatic carbocycles. The Kier molecular flexibility index (Phi) is 2.79. The number of fused-ring (bicyclic) bond motifs is 1. The van der Waals surface area contributed by atoms with Crippen molar-refractivity contribution in [1.82, 2.24) is 0 Å². The predicted molar refractivity (Wildman–Crippen MR) is 79.0 cm³/mol. The molecule has 0 aliphatic heterocycles. The van der Waals surface area contributed by atoms with Crippen LogP contribution in [0.1, 0.15) is 42.0 Å². The Morgan fingerprint density at radius 1 is 0.895 bits per heavy atom. The van der Waals surface area contributed by atoms with Crippen molar-refractivity contribution >= 4 is 6.08 Å². The Morgan fingerprint density at radius 2 is 1.53 bits per heavy atom. The topological polar surface area (TPSA) is 20.2 Å². The quantitative estimate of drug-likeness (QED) is 0.851. The summed E-state index contributed by atoms with van der Waals surface area (Å²) in [6.07, 6.45) is 4.39. The number of rotatable bonds is 2. The highest BCUT2D eigenvalue weighted by Gasteiger charge is 2.26. The van der Waals surface area contributed by atoms with Gasteiger partial charge in [-0.25, -0.2) is 0 Å². The van der Waals surface area contributed by atoms with Gasteiger partial charge in [0.05, 0.1) is 5.60 Å². The zero-order valence-corrected chi connectivity index (χ0v) is 11.3. The summed E-state index contributed by atoms with van der Waals surface area (Å²) < 4.78 is 0. The van der Waals surface area contributed by atoms with Crippen molar-refractivity contribution in [2.75, 3.05) is 0 Å². The van der Waals surface area contributed by atoms with Crippen LogP contribution in [-0.4, -0.2) is 5.11 Å². The minimum atomic E-state index is -0.817. The van der Waals surface area contributed by atoms with Crippen molar-refractivity contribution in [2.45, 2.75) is 25.4 Å². The Labute approximate surface area is 114 Å². The molecule has 0 fully saturated rings. The molecule has 1 unspecified atom stereocenters.